The van der Waals surface area contributed by atoms with Gasteiger partial charge in [0.05, 0.1) is 0 Å². The highest BCUT2D eigenvalue weighted by Crippen LogP contribution is 2.22. The Kier molecular flexibility index (Phi) is 2.90. The normalized spacial score (nSPS) is 18.9. The number of rotatable bonds is 2. The van der Waals surface area contributed by atoms with E-state index in [0.29, 0.717) is 37.2 Å². The average Bonchev–Trinajstić information content (AvgIpc) is 2.67. The number of nitrogens with zero attached hydrogens (tertiary/aromatic N) is 3. The van der Waals surface area contributed by atoms with Gasteiger partial charge in [0.15, 0.2) is 0 Å². The van der Waals surface area contributed by atoms with E-state index in [1.54, 1.807) is 0 Å². The molecule has 1 saturated heterocycles. The lowest BCUT2D eigenvalue weighted by Gasteiger charge is -2.26. The molecule has 0 amide bonds. The van der Waals surface area contributed by atoms with Crippen LogP contribution in [0.4, 0.5) is 10.4 Å². The molecular weight excluding hydrogens is 205 g/mol. The first-order valence-corrected chi connectivity index (χ1v) is 5.78. The highest BCUT2D eigenvalue weighted by atomic mass is 32.2. The molecule has 2 rings (SSSR count). The Hall–Kier alpha value is -0.780. The molecule has 0 saturated carbocycles. The number of hydrogen-bond acceptors (Lipinski definition) is 5. The van der Waals surface area contributed by atoms with E-state index in [2.05, 4.69) is 10.2 Å². The number of alkyl halides is 1. The van der Waals surface area contributed by atoms with E-state index >= 15 is 0 Å². The third-order valence-corrected chi connectivity index (χ3v) is 2.78. The number of aromatic nitrogens is 2. The van der Waals surface area contributed by atoms with Gasteiger partial charge in [-0.15, -0.1) is 0 Å². The van der Waals surface area contributed by atoms with Crippen molar-refractivity contribution in [3.8, 4) is 0 Å². The van der Waals surface area contributed by atoms with Gasteiger partial charge in [-0.3, -0.25) is 0 Å². The van der Waals surface area contributed by atoms with Gasteiger partial charge in [0.25, 0.3) is 5.22 Å². The van der Waals surface area contributed by atoms with Gasteiger partial charge in [-0.25, -0.2) is 4.39 Å². The van der Waals surface area contributed by atoms with Gasteiger partial charge in [0.2, 0.25) is 0 Å². The van der Waals surface area contributed by atoms with Crippen molar-refractivity contribution < 1.29 is 8.81 Å². The van der Waals surface area contributed by atoms with E-state index in [0.717, 1.165) is 0 Å². The largest absolute Gasteiger partial charge is 0.398 e. The highest BCUT2D eigenvalue weighted by Gasteiger charge is 2.22. The summed E-state index contributed by atoms with van der Waals surface area (Å²) in [6.07, 6.45) is 2.31. The van der Waals surface area contributed by atoms with Crippen molar-refractivity contribution in [2.45, 2.75) is 24.2 Å². The number of hydrogen-bond donors (Lipinski definition) is 0. The van der Waals surface area contributed by atoms with E-state index in [1.807, 2.05) is 11.2 Å². The van der Waals surface area contributed by atoms with Gasteiger partial charge >= 0.3 is 6.01 Å². The molecule has 0 radical (unpaired) electrons. The van der Waals surface area contributed by atoms with Gasteiger partial charge in [-0.2, -0.15) is 0 Å². The van der Waals surface area contributed by atoms with Crippen molar-refractivity contribution >= 4 is 17.8 Å². The molecule has 1 aromatic rings. The molecule has 14 heavy (non-hydrogen) atoms. The summed E-state index contributed by atoms with van der Waals surface area (Å²) in [5.41, 5.74) is 0. The number of piperidine rings is 1. The van der Waals surface area contributed by atoms with E-state index < -0.39 is 6.17 Å². The van der Waals surface area contributed by atoms with Crippen LogP contribution in [0.15, 0.2) is 9.64 Å². The average molecular weight is 217 g/mol. The van der Waals surface area contributed by atoms with Crippen LogP contribution in [0, 0.1) is 0 Å². The van der Waals surface area contributed by atoms with Crippen LogP contribution in [0.25, 0.3) is 0 Å². The molecule has 1 aromatic heterocycles. The molecule has 1 aliphatic heterocycles. The molecule has 0 bridgehead atoms. The maximum atomic E-state index is 12.8. The Morgan fingerprint density at radius 1 is 1.43 bits per heavy atom. The van der Waals surface area contributed by atoms with Crippen LogP contribution < -0.4 is 4.90 Å². The fraction of sp³-hybridized carbons (Fsp3) is 0.750. The van der Waals surface area contributed by atoms with E-state index in [1.165, 1.54) is 11.8 Å². The van der Waals surface area contributed by atoms with Crippen LogP contribution in [0.5, 0.6) is 0 Å². The smallest absolute Gasteiger partial charge is 0.318 e. The summed E-state index contributed by atoms with van der Waals surface area (Å²) in [6, 6.07) is 0.515. The zero-order valence-electron chi connectivity index (χ0n) is 7.94. The Morgan fingerprint density at radius 3 is 2.71 bits per heavy atom. The molecule has 0 unspecified atom stereocenters. The predicted octanol–water partition coefficient (Wildman–Crippen LogP) is 1.73. The van der Waals surface area contributed by atoms with Gasteiger partial charge in [0.1, 0.15) is 6.17 Å². The minimum atomic E-state index is -0.672. The Bertz CT molecular complexity index is 299. The molecule has 1 aliphatic rings. The molecule has 0 spiro atoms. The summed E-state index contributed by atoms with van der Waals surface area (Å²) < 4.78 is 18.2. The molecule has 2 heterocycles. The van der Waals surface area contributed by atoms with E-state index in [9.17, 15) is 4.39 Å². The molecule has 78 valence electrons. The van der Waals surface area contributed by atoms with Crippen molar-refractivity contribution in [1.82, 2.24) is 10.2 Å². The zero-order valence-corrected chi connectivity index (χ0v) is 8.76. The van der Waals surface area contributed by atoms with Gasteiger partial charge in [0, 0.05) is 13.1 Å². The molecule has 0 aromatic carbocycles. The summed E-state index contributed by atoms with van der Waals surface area (Å²) in [4.78, 5) is 1.93. The van der Waals surface area contributed by atoms with Gasteiger partial charge < -0.3 is 9.32 Å². The molecule has 4 nitrogen and oxygen atoms in total. The van der Waals surface area contributed by atoms with Crippen LogP contribution in [-0.2, 0) is 0 Å². The quantitative estimate of drug-likeness (QED) is 0.706. The Labute approximate surface area is 85.9 Å². The second-order valence-electron chi connectivity index (χ2n) is 3.22. The fourth-order valence-corrected chi connectivity index (χ4v) is 1.73. The first kappa shape index (κ1) is 9.76. The minimum absolute atomic E-state index is 0.515. The second kappa shape index (κ2) is 4.16. The lowest BCUT2D eigenvalue weighted by atomic mass is 10.1. The lowest BCUT2D eigenvalue weighted by Crippen LogP contribution is -2.34. The third kappa shape index (κ3) is 2.00. The van der Waals surface area contributed by atoms with Crippen molar-refractivity contribution in [3.05, 3.63) is 0 Å². The van der Waals surface area contributed by atoms with Crippen molar-refractivity contribution in [1.29, 1.82) is 0 Å². The SMILES string of the molecule is CSc1nnc(N2CCC(F)CC2)o1. The molecular formula is C8H12FN3OS. The number of anilines is 1. The zero-order chi connectivity index (χ0) is 9.97. The molecule has 0 atom stereocenters. The molecule has 0 N–H and O–H groups in total. The van der Waals surface area contributed by atoms with Crippen LogP contribution >= 0.6 is 11.8 Å². The van der Waals surface area contributed by atoms with Gasteiger partial charge in [-0.05, 0) is 19.1 Å². The van der Waals surface area contributed by atoms with E-state index in [4.69, 9.17) is 4.42 Å². The molecule has 6 heteroatoms. The first-order chi connectivity index (χ1) is 6.79. The molecule has 1 fully saturated rings. The fourth-order valence-electron chi connectivity index (χ4n) is 1.45. The Balaban J connectivity index is 2.01. The highest BCUT2D eigenvalue weighted by molar-refractivity contribution is 7.98. The summed E-state index contributed by atoms with van der Waals surface area (Å²) in [6.45, 7) is 1.33. The van der Waals surface area contributed by atoms with Gasteiger partial charge in [-0.1, -0.05) is 22.0 Å². The van der Waals surface area contributed by atoms with Crippen LogP contribution in [0.1, 0.15) is 12.8 Å². The summed E-state index contributed by atoms with van der Waals surface area (Å²) in [5.74, 6) is 0. The maximum Gasteiger partial charge on any atom is 0.318 e. The lowest BCUT2D eigenvalue weighted by molar-refractivity contribution is 0.271. The van der Waals surface area contributed by atoms with E-state index in [-0.39, 0.29) is 0 Å². The van der Waals surface area contributed by atoms with Crippen LogP contribution in [0.2, 0.25) is 0 Å². The topological polar surface area (TPSA) is 42.2 Å². The molecule has 0 aliphatic carbocycles. The first-order valence-electron chi connectivity index (χ1n) is 4.56. The van der Waals surface area contributed by atoms with Crippen molar-refractivity contribution in [2.24, 2.45) is 0 Å². The maximum absolute atomic E-state index is 12.8. The number of halogens is 1. The second-order valence-corrected chi connectivity index (χ2v) is 3.97. The summed E-state index contributed by atoms with van der Waals surface area (Å²) in [5, 5.41) is 8.30. The standard InChI is InChI=1S/C8H12FN3OS/c1-14-8-11-10-7(13-8)12-4-2-6(9)3-5-12/h6H,2-5H2,1H3. The van der Waals surface area contributed by atoms with Crippen LogP contribution in [-0.4, -0.2) is 35.7 Å². The summed E-state index contributed by atoms with van der Waals surface area (Å²) in [7, 11) is 0. The monoisotopic (exact) mass is 217 g/mol. The van der Waals surface area contributed by atoms with Crippen molar-refractivity contribution in [2.75, 3.05) is 24.2 Å². The van der Waals surface area contributed by atoms with Crippen molar-refractivity contribution in [3.63, 3.8) is 0 Å². The number of thioether (sulfide) groups is 1. The third-order valence-electron chi connectivity index (χ3n) is 2.27. The minimum Gasteiger partial charge on any atom is -0.398 e. The summed E-state index contributed by atoms with van der Waals surface area (Å²) >= 11 is 1.41. The Morgan fingerprint density at radius 2 is 2.14 bits per heavy atom. The predicted molar refractivity (Wildman–Crippen MR) is 52.4 cm³/mol. The van der Waals surface area contributed by atoms with Crippen LogP contribution in [0.3, 0.4) is 0 Å².